The third-order valence-electron chi connectivity index (χ3n) is 4.74. The van der Waals surface area contributed by atoms with Crippen LogP contribution in [0, 0.1) is 0 Å². The summed E-state index contributed by atoms with van der Waals surface area (Å²) in [5.41, 5.74) is 1.43. The first kappa shape index (κ1) is 22.0. The quantitative estimate of drug-likeness (QED) is 0.528. The van der Waals surface area contributed by atoms with Crippen molar-refractivity contribution in [1.82, 2.24) is 9.88 Å². The van der Waals surface area contributed by atoms with E-state index in [-0.39, 0.29) is 23.8 Å². The Balaban J connectivity index is 1.62. The number of hydrogen-bond acceptors (Lipinski definition) is 8. The van der Waals surface area contributed by atoms with Crippen LogP contribution in [0.5, 0.6) is 11.5 Å². The zero-order valence-electron chi connectivity index (χ0n) is 16.8. The number of nitrogens with zero attached hydrogens (tertiary/aromatic N) is 3. The van der Waals surface area contributed by atoms with Gasteiger partial charge in [0, 0.05) is 49.8 Å². The van der Waals surface area contributed by atoms with Gasteiger partial charge in [0.05, 0.1) is 6.54 Å². The van der Waals surface area contributed by atoms with Gasteiger partial charge in [-0.1, -0.05) is 0 Å². The van der Waals surface area contributed by atoms with E-state index in [1.165, 1.54) is 18.2 Å². The van der Waals surface area contributed by atoms with E-state index >= 15 is 0 Å². The van der Waals surface area contributed by atoms with Gasteiger partial charge in [0.15, 0.2) is 30.5 Å². The van der Waals surface area contributed by atoms with Crippen LogP contribution in [0.1, 0.15) is 10.4 Å². The number of aromatic nitrogens is 1. The molecule has 0 spiro atoms. The topological polar surface area (TPSA) is 130 Å². The Bertz CT molecular complexity index is 928. The van der Waals surface area contributed by atoms with Crippen molar-refractivity contribution < 1.29 is 34.1 Å². The van der Waals surface area contributed by atoms with Crippen molar-refractivity contribution in [2.24, 2.45) is 0 Å². The van der Waals surface area contributed by atoms with E-state index in [0.717, 1.165) is 31.9 Å². The number of ether oxygens (including phenoxy) is 2. The zero-order chi connectivity index (χ0) is 22.2. The van der Waals surface area contributed by atoms with Crippen molar-refractivity contribution >= 4 is 23.4 Å². The average molecular weight is 429 g/mol. The number of carbonyl (C=O) groups is 3. The molecule has 1 saturated heterocycles. The molecule has 3 rings (SSSR count). The number of carboxylic acid groups (broad SMARTS) is 2. The summed E-state index contributed by atoms with van der Waals surface area (Å²) in [6.45, 7) is 1.96. The molecule has 0 atom stereocenters. The highest BCUT2D eigenvalue weighted by Gasteiger charge is 2.21. The highest BCUT2D eigenvalue weighted by atomic mass is 16.5. The molecule has 1 aromatic heterocycles. The predicted octanol–water partition coefficient (Wildman–Crippen LogP) is 1.01. The van der Waals surface area contributed by atoms with Crippen LogP contribution in [-0.2, 0) is 9.59 Å². The van der Waals surface area contributed by atoms with Gasteiger partial charge in [-0.05, 0) is 30.3 Å². The normalized spacial score (nSPS) is 14.1. The maximum absolute atomic E-state index is 12.8. The third-order valence-corrected chi connectivity index (χ3v) is 4.74. The summed E-state index contributed by atoms with van der Waals surface area (Å²) in [5, 5.41) is 17.6. The lowest BCUT2D eigenvalue weighted by Gasteiger charge is -2.35. The van der Waals surface area contributed by atoms with E-state index in [2.05, 4.69) is 9.88 Å². The van der Waals surface area contributed by atoms with Gasteiger partial charge in [-0.25, -0.2) is 9.59 Å². The van der Waals surface area contributed by atoms with Gasteiger partial charge < -0.3 is 24.6 Å². The van der Waals surface area contributed by atoms with E-state index < -0.39 is 25.2 Å². The number of benzene rings is 1. The summed E-state index contributed by atoms with van der Waals surface area (Å²) in [6.07, 6.45) is 3.50. The number of carboxylic acids is 2. The number of aliphatic carboxylic acids is 2. The van der Waals surface area contributed by atoms with Crippen LogP contribution in [0.15, 0.2) is 42.7 Å². The first-order valence-electron chi connectivity index (χ1n) is 9.66. The number of hydrogen-bond donors (Lipinski definition) is 2. The molecule has 0 amide bonds. The lowest BCUT2D eigenvalue weighted by Crippen LogP contribution is -2.48. The van der Waals surface area contributed by atoms with Crippen LogP contribution in [0.3, 0.4) is 0 Å². The molecule has 10 nitrogen and oxygen atoms in total. The van der Waals surface area contributed by atoms with Gasteiger partial charge >= 0.3 is 11.9 Å². The summed E-state index contributed by atoms with van der Waals surface area (Å²) in [4.78, 5) is 42.6. The Hall–Kier alpha value is -3.66. The summed E-state index contributed by atoms with van der Waals surface area (Å²) in [6, 6.07) is 8.21. The van der Waals surface area contributed by atoms with Gasteiger partial charge in [-0.15, -0.1) is 0 Å². The zero-order valence-corrected chi connectivity index (χ0v) is 16.8. The number of anilines is 1. The Labute approximate surface area is 178 Å². The first-order chi connectivity index (χ1) is 14.9. The van der Waals surface area contributed by atoms with E-state index in [1.807, 2.05) is 17.0 Å². The van der Waals surface area contributed by atoms with Crippen LogP contribution in [0.4, 0.5) is 5.69 Å². The van der Waals surface area contributed by atoms with E-state index in [1.54, 1.807) is 12.4 Å². The van der Waals surface area contributed by atoms with Gasteiger partial charge in [0.2, 0.25) is 0 Å². The first-order valence-corrected chi connectivity index (χ1v) is 9.66. The van der Waals surface area contributed by atoms with Crippen molar-refractivity contribution in [3.05, 3.63) is 48.3 Å². The third kappa shape index (κ3) is 6.41. The number of ketones is 1. The number of carbonyl (C=O) groups excluding carboxylic acids is 1. The number of rotatable bonds is 10. The molecule has 2 heterocycles. The van der Waals surface area contributed by atoms with Crippen LogP contribution in [0.25, 0.3) is 0 Å². The Kier molecular flexibility index (Phi) is 7.39. The smallest absolute Gasteiger partial charge is 0.341 e. The highest BCUT2D eigenvalue weighted by molar-refractivity contribution is 5.98. The molecule has 31 heavy (non-hydrogen) atoms. The summed E-state index contributed by atoms with van der Waals surface area (Å²) >= 11 is 0. The van der Waals surface area contributed by atoms with Gasteiger partial charge in [-0.2, -0.15) is 0 Å². The minimum Gasteiger partial charge on any atom is -0.479 e. The molecule has 2 aromatic rings. The lowest BCUT2D eigenvalue weighted by molar-refractivity contribution is -0.140. The molecule has 1 aliphatic rings. The molecular formula is C21H23N3O7. The number of pyridine rings is 1. The molecule has 0 saturated carbocycles. The van der Waals surface area contributed by atoms with E-state index in [4.69, 9.17) is 19.7 Å². The van der Waals surface area contributed by atoms with Crippen molar-refractivity contribution in [1.29, 1.82) is 0 Å². The number of piperazine rings is 1. The van der Waals surface area contributed by atoms with Crippen LogP contribution in [-0.4, -0.2) is 83.8 Å². The van der Waals surface area contributed by atoms with Crippen molar-refractivity contribution in [2.75, 3.05) is 50.8 Å². The van der Waals surface area contributed by atoms with Crippen LogP contribution >= 0.6 is 0 Å². The predicted molar refractivity (Wildman–Crippen MR) is 110 cm³/mol. The molecule has 0 aliphatic carbocycles. The second-order valence-corrected chi connectivity index (χ2v) is 6.92. The highest BCUT2D eigenvalue weighted by Crippen LogP contribution is 2.29. The molecular weight excluding hydrogens is 406 g/mol. The maximum atomic E-state index is 12.8. The number of Topliss-reactive ketones (excluding diaryl/α,β-unsaturated/α-hetero) is 1. The van der Waals surface area contributed by atoms with Crippen molar-refractivity contribution in [3.8, 4) is 11.5 Å². The fraction of sp³-hybridized carbons (Fsp3) is 0.333. The second-order valence-electron chi connectivity index (χ2n) is 6.92. The fourth-order valence-electron chi connectivity index (χ4n) is 3.21. The van der Waals surface area contributed by atoms with E-state index in [9.17, 15) is 14.4 Å². The largest absolute Gasteiger partial charge is 0.479 e. The molecule has 10 heteroatoms. The summed E-state index contributed by atoms with van der Waals surface area (Å²) in [5.74, 6) is -2.46. The molecule has 1 fully saturated rings. The van der Waals surface area contributed by atoms with Crippen molar-refractivity contribution in [3.63, 3.8) is 0 Å². The SMILES string of the molecule is O=C(O)COc1ccc(C(=O)CN2CCN(c3ccncc3)CC2)cc1OCC(=O)O. The molecule has 1 aliphatic heterocycles. The molecule has 0 radical (unpaired) electrons. The fourth-order valence-corrected chi connectivity index (χ4v) is 3.21. The standard InChI is InChI=1S/C21H23N3O7/c25-17(12-23-7-9-24(10-8-23)16-3-5-22-6-4-16)15-1-2-18(30-13-20(26)27)19(11-15)31-14-21(28)29/h1-6,11H,7-10,12-14H2,(H,26,27)(H,28,29). The average Bonchev–Trinajstić information content (AvgIpc) is 2.77. The monoisotopic (exact) mass is 429 g/mol. The maximum Gasteiger partial charge on any atom is 0.341 e. The van der Waals surface area contributed by atoms with E-state index in [0.29, 0.717) is 5.56 Å². The second kappa shape index (κ2) is 10.4. The molecule has 2 N–H and O–H groups in total. The van der Waals surface area contributed by atoms with Gasteiger partial charge in [0.1, 0.15) is 0 Å². The molecule has 0 unspecified atom stereocenters. The van der Waals surface area contributed by atoms with Crippen LogP contribution < -0.4 is 14.4 Å². The molecule has 1 aromatic carbocycles. The summed E-state index contributed by atoms with van der Waals surface area (Å²) < 4.78 is 10.3. The Morgan fingerprint density at radius 1 is 0.871 bits per heavy atom. The lowest BCUT2D eigenvalue weighted by atomic mass is 10.1. The Morgan fingerprint density at radius 2 is 1.48 bits per heavy atom. The molecule has 0 bridgehead atoms. The van der Waals surface area contributed by atoms with Crippen LogP contribution in [0.2, 0.25) is 0 Å². The Morgan fingerprint density at radius 3 is 2.10 bits per heavy atom. The van der Waals surface area contributed by atoms with Gasteiger partial charge in [0.25, 0.3) is 0 Å². The summed E-state index contributed by atoms with van der Waals surface area (Å²) in [7, 11) is 0. The van der Waals surface area contributed by atoms with Crippen molar-refractivity contribution in [2.45, 2.75) is 0 Å². The molecule has 164 valence electrons. The minimum atomic E-state index is -1.20. The van der Waals surface area contributed by atoms with Gasteiger partial charge in [-0.3, -0.25) is 14.7 Å². The minimum absolute atomic E-state index is 0.0111.